The van der Waals surface area contributed by atoms with Crippen LogP contribution in [0.3, 0.4) is 0 Å². The Kier molecular flexibility index (Phi) is 5.16. The highest BCUT2D eigenvalue weighted by molar-refractivity contribution is 5.68. The van der Waals surface area contributed by atoms with Crippen LogP contribution in [0, 0.1) is 13.8 Å². The van der Waals surface area contributed by atoms with Crippen LogP contribution in [0.1, 0.15) is 37.5 Å². The number of carbonyl (C=O) groups is 1. The Morgan fingerprint density at radius 2 is 1.95 bits per heavy atom. The summed E-state index contributed by atoms with van der Waals surface area (Å²) >= 11 is 0. The fourth-order valence-electron chi connectivity index (χ4n) is 1.52. The van der Waals surface area contributed by atoms with E-state index in [0.717, 1.165) is 5.56 Å². The van der Waals surface area contributed by atoms with Crippen LogP contribution in [0.5, 0.6) is 0 Å². The molecule has 0 aromatic heterocycles. The Hall–Kier alpha value is -1.77. The highest BCUT2D eigenvalue weighted by Gasteiger charge is 2.14. The Labute approximate surface area is 115 Å². The van der Waals surface area contributed by atoms with Crippen molar-refractivity contribution in [2.75, 3.05) is 6.54 Å². The normalized spacial score (nSPS) is 11.6. The van der Waals surface area contributed by atoms with Gasteiger partial charge in [0.2, 0.25) is 0 Å². The van der Waals surface area contributed by atoms with E-state index in [2.05, 4.69) is 37.4 Å². The molecule has 0 spiro atoms. The van der Waals surface area contributed by atoms with Crippen molar-refractivity contribution >= 4 is 12.2 Å². The third-order valence-electron chi connectivity index (χ3n) is 2.60. The highest BCUT2D eigenvalue weighted by Crippen LogP contribution is 2.11. The van der Waals surface area contributed by atoms with Crippen molar-refractivity contribution < 1.29 is 9.53 Å². The van der Waals surface area contributed by atoms with E-state index in [-0.39, 0.29) is 0 Å². The van der Waals surface area contributed by atoms with E-state index in [9.17, 15) is 4.79 Å². The monoisotopic (exact) mass is 261 g/mol. The number of hydrogen-bond donors (Lipinski definition) is 1. The second kappa shape index (κ2) is 6.41. The molecule has 104 valence electrons. The molecule has 0 radical (unpaired) electrons. The maximum absolute atomic E-state index is 11.4. The summed E-state index contributed by atoms with van der Waals surface area (Å²) in [7, 11) is 0. The summed E-state index contributed by atoms with van der Waals surface area (Å²) in [4.78, 5) is 11.4. The van der Waals surface area contributed by atoms with Crippen LogP contribution in [0.25, 0.3) is 6.08 Å². The SMILES string of the molecule is Cc1ccc(C=CCNC(=O)OC(C)(C)C)cc1C. The Balaban J connectivity index is 2.42. The molecule has 0 atom stereocenters. The van der Waals surface area contributed by atoms with Gasteiger partial charge >= 0.3 is 6.09 Å². The highest BCUT2D eigenvalue weighted by atomic mass is 16.6. The average molecular weight is 261 g/mol. The summed E-state index contributed by atoms with van der Waals surface area (Å²) in [5, 5.41) is 2.69. The van der Waals surface area contributed by atoms with Crippen LogP contribution >= 0.6 is 0 Å². The maximum Gasteiger partial charge on any atom is 0.407 e. The van der Waals surface area contributed by atoms with Gasteiger partial charge in [-0.25, -0.2) is 4.79 Å². The molecule has 3 nitrogen and oxygen atoms in total. The number of hydrogen-bond acceptors (Lipinski definition) is 2. The Morgan fingerprint density at radius 3 is 2.53 bits per heavy atom. The molecule has 1 aromatic rings. The number of nitrogens with one attached hydrogen (secondary N) is 1. The lowest BCUT2D eigenvalue weighted by Crippen LogP contribution is -2.32. The van der Waals surface area contributed by atoms with Crippen molar-refractivity contribution in [3.63, 3.8) is 0 Å². The minimum absolute atomic E-state index is 0.391. The lowest BCUT2D eigenvalue weighted by Gasteiger charge is -2.19. The Morgan fingerprint density at radius 1 is 1.26 bits per heavy atom. The second-order valence-electron chi connectivity index (χ2n) is 5.63. The largest absolute Gasteiger partial charge is 0.444 e. The fourth-order valence-corrected chi connectivity index (χ4v) is 1.52. The molecule has 0 aliphatic heterocycles. The van der Waals surface area contributed by atoms with E-state index < -0.39 is 11.7 Å². The number of benzene rings is 1. The average Bonchev–Trinajstić information content (AvgIpc) is 2.27. The zero-order valence-electron chi connectivity index (χ0n) is 12.4. The van der Waals surface area contributed by atoms with Crippen molar-refractivity contribution in [2.24, 2.45) is 0 Å². The molecule has 0 saturated heterocycles. The topological polar surface area (TPSA) is 38.3 Å². The van der Waals surface area contributed by atoms with E-state index in [1.807, 2.05) is 32.9 Å². The van der Waals surface area contributed by atoms with Crippen molar-refractivity contribution in [1.29, 1.82) is 0 Å². The van der Waals surface area contributed by atoms with Gasteiger partial charge in [0.05, 0.1) is 0 Å². The van der Waals surface area contributed by atoms with Gasteiger partial charge in [-0.2, -0.15) is 0 Å². The molecule has 0 aliphatic carbocycles. The summed E-state index contributed by atoms with van der Waals surface area (Å²) in [6.45, 7) is 10.2. The second-order valence-corrected chi connectivity index (χ2v) is 5.63. The number of alkyl carbamates (subject to hydrolysis) is 1. The molecule has 0 unspecified atom stereocenters. The lowest BCUT2D eigenvalue weighted by atomic mass is 10.1. The molecule has 0 heterocycles. The van der Waals surface area contributed by atoms with Gasteiger partial charge in [0.1, 0.15) is 5.60 Å². The first-order valence-electron chi connectivity index (χ1n) is 6.48. The molecule has 0 aliphatic rings. The van der Waals surface area contributed by atoms with Gasteiger partial charge in [-0.05, 0) is 51.3 Å². The van der Waals surface area contributed by atoms with Crippen molar-refractivity contribution in [3.05, 3.63) is 41.0 Å². The van der Waals surface area contributed by atoms with E-state index in [4.69, 9.17) is 4.74 Å². The molecule has 0 fully saturated rings. The molecule has 1 rings (SSSR count). The summed E-state index contributed by atoms with van der Waals surface area (Å²) in [5.41, 5.74) is 3.22. The van der Waals surface area contributed by atoms with E-state index in [1.54, 1.807) is 0 Å². The molecule has 19 heavy (non-hydrogen) atoms. The van der Waals surface area contributed by atoms with E-state index >= 15 is 0 Å². The van der Waals surface area contributed by atoms with Gasteiger partial charge in [0.25, 0.3) is 0 Å². The van der Waals surface area contributed by atoms with Crippen LogP contribution in [0.2, 0.25) is 0 Å². The predicted octanol–water partition coefficient (Wildman–Crippen LogP) is 3.84. The maximum atomic E-state index is 11.4. The van der Waals surface area contributed by atoms with E-state index in [1.165, 1.54) is 11.1 Å². The van der Waals surface area contributed by atoms with Gasteiger partial charge in [0, 0.05) is 6.54 Å². The summed E-state index contributed by atoms with van der Waals surface area (Å²) < 4.78 is 5.14. The standard InChI is InChI=1S/C16H23NO2/c1-12-8-9-14(11-13(12)2)7-6-10-17-15(18)19-16(3,4)5/h6-9,11H,10H2,1-5H3,(H,17,18). The third kappa shape index (κ3) is 6.09. The molecule has 3 heteroatoms. The van der Waals surface area contributed by atoms with Crippen LogP contribution in [-0.2, 0) is 4.74 Å². The number of ether oxygens (including phenoxy) is 1. The summed E-state index contributed by atoms with van der Waals surface area (Å²) in [5.74, 6) is 0. The minimum atomic E-state index is -0.456. The van der Waals surface area contributed by atoms with Crippen LogP contribution in [0.15, 0.2) is 24.3 Å². The molecule has 1 N–H and O–H groups in total. The van der Waals surface area contributed by atoms with Gasteiger partial charge in [-0.1, -0.05) is 30.4 Å². The van der Waals surface area contributed by atoms with Crippen molar-refractivity contribution in [1.82, 2.24) is 5.32 Å². The number of rotatable bonds is 3. The molecule has 1 amide bonds. The summed E-state index contributed by atoms with van der Waals surface area (Å²) in [6.07, 6.45) is 3.51. The quantitative estimate of drug-likeness (QED) is 0.897. The molecule has 0 saturated carbocycles. The van der Waals surface area contributed by atoms with Gasteiger partial charge in [-0.3, -0.25) is 0 Å². The first-order chi connectivity index (χ1) is 8.78. The fraction of sp³-hybridized carbons (Fsp3) is 0.438. The molecule has 0 bridgehead atoms. The molecular formula is C16H23NO2. The number of amides is 1. The first kappa shape index (κ1) is 15.3. The van der Waals surface area contributed by atoms with Gasteiger partial charge in [-0.15, -0.1) is 0 Å². The zero-order valence-corrected chi connectivity index (χ0v) is 12.4. The lowest BCUT2D eigenvalue weighted by molar-refractivity contribution is 0.0534. The minimum Gasteiger partial charge on any atom is -0.444 e. The molecular weight excluding hydrogens is 238 g/mol. The van der Waals surface area contributed by atoms with Crippen LogP contribution in [-0.4, -0.2) is 18.2 Å². The predicted molar refractivity (Wildman–Crippen MR) is 79.2 cm³/mol. The number of carbonyl (C=O) groups excluding carboxylic acids is 1. The summed E-state index contributed by atoms with van der Waals surface area (Å²) in [6, 6.07) is 6.28. The van der Waals surface area contributed by atoms with Crippen molar-refractivity contribution in [3.8, 4) is 0 Å². The van der Waals surface area contributed by atoms with Gasteiger partial charge < -0.3 is 10.1 Å². The van der Waals surface area contributed by atoms with E-state index in [0.29, 0.717) is 6.54 Å². The Bertz CT molecular complexity index is 470. The number of aryl methyl sites for hydroxylation is 2. The van der Waals surface area contributed by atoms with Crippen LogP contribution in [0.4, 0.5) is 4.79 Å². The third-order valence-corrected chi connectivity index (χ3v) is 2.60. The first-order valence-corrected chi connectivity index (χ1v) is 6.48. The zero-order chi connectivity index (χ0) is 14.5. The van der Waals surface area contributed by atoms with Gasteiger partial charge in [0.15, 0.2) is 0 Å². The van der Waals surface area contributed by atoms with Crippen molar-refractivity contribution in [2.45, 2.75) is 40.2 Å². The smallest absolute Gasteiger partial charge is 0.407 e. The van der Waals surface area contributed by atoms with Crippen LogP contribution < -0.4 is 5.32 Å². The molecule has 1 aromatic carbocycles.